The molecule has 28 heavy (non-hydrogen) atoms. The van der Waals surface area contributed by atoms with Crippen molar-refractivity contribution in [2.45, 2.75) is 0 Å². The second-order valence-electron chi connectivity index (χ2n) is 6.10. The van der Waals surface area contributed by atoms with Crippen LogP contribution >= 0.6 is 0 Å². The van der Waals surface area contributed by atoms with Crippen molar-refractivity contribution in [3.63, 3.8) is 0 Å². The molecule has 0 fully saturated rings. The Bertz CT molecular complexity index is 944. The number of ketones is 2. The zero-order valence-corrected chi connectivity index (χ0v) is 14.9. The van der Waals surface area contributed by atoms with Crippen LogP contribution in [-0.4, -0.2) is 21.8 Å². The van der Waals surface area contributed by atoms with Gasteiger partial charge in [-0.15, -0.1) is 0 Å². The Morgan fingerprint density at radius 3 is 1.14 bits per heavy atom. The van der Waals surface area contributed by atoms with Crippen LogP contribution in [0.5, 0.6) is 0 Å². The van der Waals surface area contributed by atoms with Crippen LogP contribution in [0.15, 0.2) is 97.1 Å². The van der Waals surface area contributed by atoms with Crippen molar-refractivity contribution in [2.75, 3.05) is 0 Å². The first-order chi connectivity index (χ1) is 13.5. The van der Waals surface area contributed by atoms with E-state index >= 15 is 0 Å². The highest BCUT2D eigenvalue weighted by Crippen LogP contribution is 2.15. The number of hydrogen-bond acceptors (Lipinski definition) is 4. The summed E-state index contributed by atoms with van der Waals surface area (Å²) in [5, 5.41) is 20.1. The summed E-state index contributed by atoms with van der Waals surface area (Å²) in [5.74, 6) is -0.992. The van der Waals surface area contributed by atoms with Gasteiger partial charge in [0, 0.05) is 34.4 Å². The number of aliphatic hydroxyl groups excluding tert-OH is 2. The maximum atomic E-state index is 12.3. The van der Waals surface area contributed by atoms with E-state index in [0.29, 0.717) is 22.3 Å². The van der Waals surface area contributed by atoms with Crippen LogP contribution in [0.3, 0.4) is 0 Å². The maximum absolute atomic E-state index is 12.3. The first-order valence-corrected chi connectivity index (χ1v) is 8.65. The summed E-state index contributed by atoms with van der Waals surface area (Å²) < 4.78 is 0. The largest absolute Gasteiger partial charge is 0.507 e. The molecule has 0 aromatic heterocycles. The lowest BCUT2D eigenvalue weighted by Crippen LogP contribution is -2.00. The fourth-order valence-corrected chi connectivity index (χ4v) is 2.60. The van der Waals surface area contributed by atoms with Gasteiger partial charge >= 0.3 is 0 Å². The summed E-state index contributed by atoms with van der Waals surface area (Å²) in [6.45, 7) is 0. The van der Waals surface area contributed by atoms with E-state index in [9.17, 15) is 19.8 Å². The molecule has 138 valence electrons. The molecule has 0 spiro atoms. The lowest BCUT2D eigenvalue weighted by atomic mass is 10.0. The van der Waals surface area contributed by atoms with Crippen LogP contribution in [-0.2, 0) is 0 Å². The standard InChI is InChI=1S/C24H18O4/c25-21(17-7-3-1-4-8-17)15-23(27)19-11-13-20(14-12-19)24(28)16-22(26)18-9-5-2-6-10-18/h1-16,25-26H. The molecule has 4 nitrogen and oxygen atoms in total. The van der Waals surface area contributed by atoms with Gasteiger partial charge in [0.25, 0.3) is 0 Å². The summed E-state index contributed by atoms with van der Waals surface area (Å²) in [5.41, 5.74) is 1.78. The van der Waals surface area contributed by atoms with E-state index < -0.39 is 0 Å². The number of allylic oxidation sites excluding steroid dienone is 2. The van der Waals surface area contributed by atoms with Crippen LogP contribution in [0.4, 0.5) is 0 Å². The molecular weight excluding hydrogens is 352 g/mol. The maximum Gasteiger partial charge on any atom is 0.189 e. The average Bonchev–Trinajstić information content (AvgIpc) is 2.75. The van der Waals surface area contributed by atoms with Gasteiger partial charge < -0.3 is 10.2 Å². The fraction of sp³-hybridized carbons (Fsp3) is 0. The Kier molecular flexibility index (Phi) is 5.82. The SMILES string of the molecule is O=C(C=C(O)c1ccccc1)c1ccc(C(=O)C=C(O)c2ccccc2)cc1. The molecule has 3 rings (SSSR count). The van der Waals surface area contributed by atoms with Gasteiger partial charge in [0.1, 0.15) is 11.5 Å². The number of hydrogen-bond donors (Lipinski definition) is 2. The van der Waals surface area contributed by atoms with E-state index in [-0.39, 0.29) is 23.1 Å². The first kappa shape index (κ1) is 18.9. The van der Waals surface area contributed by atoms with Crippen molar-refractivity contribution < 1.29 is 19.8 Å². The second kappa shape index (κ2) is 8.64. The lowest BCUT2D eigenvalue weighted by Gasteiger charge is -2.02. The Hall–Kier alpha value is -3.92. The quantitative estimate of drug-likeness (QED) is 0.353. The Balaban J connectivity index is 1.74. The van der Waals surface area contributed by atoms with Gasteiger partial charge in [0.05, 0.1) is 0 Å². The molecule has 0 saturated carbocycles. The Labute approximate surface area is 162 Å². The number of aliphatic hydroxyl groups is 2. The van der Waals surface area contributed by atoms with Gasteiger partial charge in [-0.2, -0.15) is 0 Å². The third-order valence-electron chi connectivity index (χ3n) is 4.13. The van der Waals surface area contributed by atoms with Crippen molar-refractivity contribution in [1.29, 1.82) is 0 Å². The molecule has 3 aromatic rings. The highest BCUT2D eigenvalue weighted by Gasteiger charge is 2.09. The molecular formula is C24H18O4. The molecule has 0 unspecified atom stereocenters. The van der Waals surface area contributed by atoms with Gasteiger partial charge in [-0.1, -0.05) is 84.9 Å². The van der Waals surface area contributed by atoms with Gasteiger partial charge in [-0.25, -0.2) is 0 Å². The van der Waals surface area contributed by atoms with Crippen LogP contribution in [0.2, 0.25) is 0 Å². The minimum Gasteiger partial charge on any atom is -0.507 e. The summed E-state index contributed by atoms with van der Waals surface area (Å²) in [6, 6.07) is 23.6. The van der Waals surface area contributed by atoms with E-state index in [1.807, 2.05) is 12.1 Å². The minimum absolute atomic E-state index is 0.124. The topological polar surface area (TPSA) is 74.6 Å². The predicted octanol–water partition coefficient (Wildman–Crippen LogP) is 5.25. The molecule has 0 aliphatic heterocycles. The molecule has 0 heterocycles. The Morgan fingerprint density at radius 1 is 0.500 bits per heavy atom. The summed E-state index contributed by atoms with van der Waals surface area (Å²) in [6.07, 6.45) is 2.29. The molecule has 0 amide bonds. The van der Waals surface area contributed by atoms with Crippen molar-refractivity contribution in [1.82, 2.24) is 0 Å². The van der Waals surface area contributed by atoms with E-state index in [0.717, 1.165) is 12.2 Å². The number of carbonyl (C=O) groups excluding carboxylic acids is 2. The molecule has 2 N–H and O–H groups in total. The molecule has 0 aliphatic carbocycles. The third-order valence-corrected chi connectivity index (χ3v) is 4.13. The van der Waals surface area contributed by atoms with Gasteiger partial charge in [0.2, 0.25) is 0 Å². The molecule has 0 aliphatic rings. The molecule has 0 bridgehead atoms. The van der Waals surface area contributed by atoms with Crippen molar-refractivity contribution in [2.24, 2.45) is 0 Å². The Morgan fingerprint density at radius 2 is 0.821 bits per heavy atom. The van der Waals surface area contributed by atoms with Crippen LogP contribution < -0.4 is 0 Å². The monoisotopic (exact) mass is 370 g/mol. The number of benzene rings is 3. The zero-order chi connectivity index (χ0) is 19.9. The molecule has 0 radical (unpaired) electrons. The van der Waals surface area contributed by atoms with Crippen LogP contribution in [0, 0.1) is 0 Å². The van der Waals surface area contributed by atoms with E-state index in [4.69, 9.17) is 0 Å². The molecule has 0 saturated heterocycles. The van der Waals surface area contributed by atoms with E-state index in [1.54, 1.807) is 48.5 Å². The highest BCUT2D eigenvalue weighted by molar-refractivity contribution is 6.10. The van der Waals surface area contributed by atoms with Gasteiger partial charge in [0.15, 0.2) is 11.6 Å². The predicted molar refractivity (Wildman–Crippen MR) is 109 cm³/mol. The molecule has 3 aromatic carbocycles. The fourth-order valence-electron chi connectivity index (χ4n) is 2.60. The van der Waals surface area contributed by atoms with Crippen molar-refractivity contribution in [3.8, 4) is 0 Å². The molecule has 4 heteroatoms. The van der Waals surface area contributed by atoms with Gasteiger partial charge in [-0.3, -0.25) is 9.59 Å². The second-order valence-corrected chi connectivity index (χ2v) is 6.10. The minimum atomic E-state index is -0.372. The van der Waals surface area contributed by atoms with Crippen molar-refractivity contribution in [3.05, 3.63) is 119 Å². The first-order valence-electron chi connectivity index (χ1n) is 8.65. The zero-order valence-electron chi connectivity index (χ0n) is 14.9. The third kappa shape index (κ3) is 4.62. The summed E-state index contributed by atoms with van der Waals surface area (Å²) in [7, 11) is 0. The normalized spacial score (nSPS) is 11.9. The van der Waals surface area contributed by atoms with E-state index in [2.05, 4.69) is 0 Å². The summed E-state index contributed by atoms with van der Waals surface area (Å²) in [4.78, 5) is 24.6. The van der Waals surface area contributed by atoms with Crippen LogP contribution in [0.25, 0.3) is 11.5 Å². The highest BCUT2D eigenvalue weighted by atomic mass is 16.3. The summed E-state index contributed by atoms with van der Waals surface area (Å²) >= 11 is 0. The van der Waals surface area contributed by atoms with Crippen LogP contribution in [0.1, 0.15) is 31.8 Å². The number of carbonyl (C=O) groups is 2. The molecule has 0 atom stereocenters. The van der Waals surface area contributed by atoms with Crippen molar-refractivity contribution >= 4 is 23.1 Å². The van der Waals surface area contributed by atoms with Gasteiger partial charge in [-0.05, 0) is 0 Å². The lowest BCUT2D eigenvalue weighted by molar-refractivity contribution is 0.103. The smallest absolute Gasteiger partial charge is 0.189 e. The van der Waals surface area contributed by atoms with E-state index in [1.165, 1.54) is 24.3 Å². The number of rotatable bonds is 6. The average molecular weight is 370 g/mol.